The Balaban J connectivity index is 2.38. The van der Waals surface area contributed by atoms with E-state index in [0.717, 1.165) is 16.8 Å². The number of halogens is 1. The number of nitrogens with one attached hydrogen (secondary N) is 1. The molecule has 0 bridgehead atoms. The summed E-state index contributed by atoms with van der Waals surface area (Å²) >= 11 is 5.21. The van der Waals surface area contributed by atoms with Crippen LogP contribution in [0, 0.1) is 0 Å². The summed E-state index contributed by atoms with van der Waals surface area (Å²) in [6.45, 7) is 7.55. The minimum atomic E-state index is -0.536. The molecule has 1 amide bonds. The quantitative estimate of drug-likeness (QED) is 0.868. The average molecular weight is 360 g/mol. The molecular formula is C14H22BrN3OS. The Morgan fingerprint density at radius 2 is 2.25 bits per heavy atom. The van der Waals surface area contributed by atoms with Crippen molar-refractivity contribution in [2.45, 2.75) is 44.8 Å². The number of thiophene rings is 1. The SMILES string of the molecule is CCC(N)C(c1ccc(Br)s1)N1CCNC(=O)C1(C)C. The molecule has 3 N–H and O–H groups in total. The van der Waals surface area contributed by atoms with Crippen LogP contribution in [0.25, 0.3) is 0 Å². The highest BCUT2D eigenvalue weighted by molar-refractivity contribution is 9.11. The Morgan fingerprint density at radius 3 is 2.80 bits per heavy atom. The van der Waals surface area contributed by atoms with E-state index in [1.165, 1.54) is 4.88 Å². The van der Waals surface area contributed by atoms with Crippen molar-refractivity contribution in [1.29, 1.82) is 0 Å². The molecule has 1 saturated heterocycles. The molecular weight excluding hydrogens is 338 g/mol. The lowest BCUT2D eigenvalue weighted by atomic mass is 9.92. The molecule has 2 atom stereocenters. The van der Waals surface area contributed by atoms with E-state index in [4.69, 9.17) is 5.73 Å². The lowest BCUT2D eigenvalue weighted by Crippen LogP contribution is -2.64. The maximum atomic E-state index is 12.2. The molecule has 0 aliphatic carbocycles. The molecule has 2 rings (SSSR count). The fourth-order valence-electron chi connectivity index (χ4n) is 2.71. The highest BCUT2D eigenvalue weighted by Crippen LogP contribution is 2.37. The molecule has 2 unspecified atom stereocenters. The first-order valence-electron chi connectivity index (χ1n) is 6.93. The minimum Gasteiger partial charge on any atom is -0.353 e. The van der Waals surface area contributed by atoms with Gasteiger partial charge in [-0.25, -0.2) is 0 Å². The molecule has 0 spiro atoms. The van der Waals surface area contributed by atoms with Gasteiger partial charge in [0.2, 0.25) is 5.91 Å². The summed E-state index contributed by atoms with van der Waals surface area (Å²) in [5.41, 5.74) is 5.84. The maximum Gasteiger partial charge on any atom is 0.240 e. The summed E-state index contributed by atoms with van der Waals surface area (Å²) in [4.78, 5) is 15.6. The van der Waals surface area contributed by atoms with Crippen LogP contribution >= 0.6 is 27.3 Å². The molecule has 6 heteroatoms. The number of hydrogen-bond donors (Lipinski definition) is 2. The topological polar surface area (TPSA) is 58.4 Å². The fourth-order valence-corrected chi connectivity index (χ4v) is 4.32. The third-order valence-corrected chi connectivity index (χ3v) is 5.70. The Bertz CT molecular complexity index is 489. The number of carbonyl (C=O) groups is 1. The summed E-state index contributed by atoms with van der Waals surface area (Å²) in [6, 6.07) is 4.26. The first-order valence-corrected chi connectivity index (χ1v) is 8.54. The summed E-state index contributed by atoms with van der Waals surface area (Å²) in [5, 5.41) is 2.94. The van der Waals surface area contributed by atoms with E-state index in [1.807, 2.05) is 19.9 Å². The van der Waals surface area contributed by atoms with Crippen molar-refractivity contribution in [3.05, 3.63) is 20.8 Å². The third kappa shape index (κ3) is 2.93. The van der Waals surface area contributed by atoms with E-state index in [1.54, 1.807) is 11.3 Å². The van der Waals surface area contributed by atoms with Gasteiger partial charge in [-0.3, -0.25) is 9.69 Å². The van der Waals surface area contributed by atoms with Crippen LogP contribution in [0.15, 0.2) is 15.9 Å². The molecule has 2 heterocycles. The monoisotopic (exact) mass is 359 g/mol. The van der Waals surface area contributed by atoms with Gasteiger partial charge in [0.15, 0.2) is 0 Å². The molecule has 1 aromatic heterocycles. The smallest absolute Gasteiger partial charge is 0.240 e. The molecule has 0 saturated carbocycles. The average Bonchev–Trinajstić information content (AvgIpc) is 2.81. The highest BCUT2D eigenvalue weighted by Gasteiger charge is 2.43. The number of rotatable bonds is 4. The van der Waals surface area contributed by atoms with Crippen molar-refractivity contribution in [3.63, 3.8) is 0 Å². The zero-order valence-electron chi connectivity index (χ0n) is 12.1. The molecule has 4 nitrogen and oxygen atoms in total. The first-order chi connectivity index (χ1) is 9.37. The van der Waals surface area contributed by atoms with Crippen LogP contribution in [0.1, 0.15) is 38.1 Å². The Hall–Kier alpha value is -0.430. The van der Waals surface area contributed by atoms with Crippen LogP contribution in [0.2, 0.25) is 0 Å². The predicted molar refractivity (Wildman–Crippen MR) is 86.8 cm³/mol. The van der Waals surface area contributed by atoms with Crippen LogP contribution in [0.5, 0.6) is 0 Å². The van der Waals surface area contributed by atoms with Crippen LogP contribution in [0.4, 0.5) is 0 Å². The summed E-state index contributed by atoms with van der Waals surface area (Å²) in [6.07, 6.45) is 0.883. The van der Waals surface area contributed by atoms with Gasteiger partial charge in [0.05, 0.1) is 15.4 Å². The van der Waals surface area contributed by atoms with Crippen molar-refractivity contribution in [2.75, 3.05) is 13.1 Å². The normalized spacial score (nSPS) is 22.4. The van der Waals surface area contributed by atoms with E-state index in [9.17, 15) is 4.79 Å². The third-order valence-electron chi connectivity index (χ3n) is 4.01. The van der Waals surface area contributed by atoms with E-state index in [2.05, 4.69) is 39.1 Å². The van der Waals surface area contributed by atoms with Crippen LogP contribution < -0.4 is 11.1 Å². The lowest BCUT2D eigenvalue weighted by Gasteiger charge is -2.47. The standard InChI is InChI=1S/C14H22BrN3OS/c1-4-9(16)12(10-5-6-11(15)20-10)18-8-7-17-13(19)14(18,2)3/h5-6,9,12H,4,7-8,16H2,1-3H3,(H,17,19). The molecule has 112 valence electrons. The molecule has 0 aromatic carbocycles. The second-order valence-electron chi connectivity index (χ2n) is 5.67. The number of nitrogens with zero attached hydrogens (tertiary/aromatic N) is 1. The molecule has 1 fully saturated rings. The highest BCUT2D eigenvalue weighted by atomic mass is 79.9. The van der Waals surface area contributed by atoms with Crippen molar-refractivity contribution in [3.8, 4) is 0 Å². The number of nitrogens with two attached hydrogens (primary N) is 1. The van der Waals surface area contributed by atoms with Gasteiger partial charge < -0.3 is 11.1 Å². The van der Waals surface area contributed by atoms with Crippen LogP contribution in [0.3, 0.4) is 0 Å². The summed E-state index contributed by atoms with van der Waals surface area (Å²) in [7, 11) is 0. The number of hydrogen-bond acceptors (Lipinski definition) is 4. The van der Waals surface area contributed by atoms with Gasteiger partial charge in [-0.05, 0) is 48.3 Å². The Morgan fingerprint density at radius 1 is 1.55 bits per heavy atom. The van der Waals surface area contributed by atoms with E-state index < -0.39 is 5.54 Å². The van der Waals surface area contributed by atoms with Gasteiger partial charge in [-0.2, -0.15) is 0 Å². The van der Waals surface area contributed by atoms with Gasteiger partial charge in [0, 0.05) is 24.0 Å². The second-order valence-corrected chi connectivity index (χ2v) is 8.16. The second kappa shape index (κ2) is 6.13. The molecule has 1 aliphatic heterocycles. The zero-order valence-corrected chi connectivity index (χ0v) is 14.6. The molecule has 20 heavy (non-hydrogen) atoms. The van der Waals surface area contributed by atoms with Crippen molar-refractivity contribution in [2.24, 2.45) is 5.73 Å². The Labute approximate surface area is 132 Å². The Kier molecular flexibility index (Phi) is 4.89. The lowest BCUT2D eigenvalue weighted by molar-refractivity contribution is -0.137. The van der Waals surface area contributed by atoms with Gasteiger partial charge in [0.1, 0.15) is 0 Å². The van der Waals surface area contributed by atoms with Crippen molar-refractivity contribution >= 4 is 33.2 Å². The fraction of sp³-hybridized carbons (Fsp3) is 0.643. The molecule has 1 aliphatic rings. The van der Waals surface area contributed by atoms with Crippen LogP contribution in [-0.2, 0) is 4.79 Å². The summed E-state index contributed by atoms with van der Waals surface area (Å²) in [5.74, 6) is 0.0766. The van der Waals surface area contributed by atoms with Crippen molar-refractivity contribution < 1.29 is 4.79 Å². The van der Waals surface area contributed by atoms with Gasteiger partial charge in [0.25, 0.3) is 0 Å². The first kappa shape index (κ1) is 15.9. The van der Waals surface area contributed by atoms with E-state index in [0.29, 0.717) is 6.54 Å². The number of carbonyl (C=O) groups excluding carboxylic acids is 1. The predicted octanol–water partition coefficient (Wildman–Crippen LogP) is 2.50. The van der Waals surface area contributed by atoms with Crippen molar-refractivity contribution in [1.82, 2.24) is 10.2 Å². The number of amides is 1. The zero-order chi connectivity index (χ0) is 14.9. The molecule has 1 aromatic rings. The molecule has 0 radical (unpaired) electrons. The van der Waals surface area contributed by atoms with Gasteiger partial charge in [-0.15, -0.1) is 11.3 Å². The van der Waals surface area contributed by atoms with Gasteiger partial charge in [-0.1, -0.05) is 6.92 Å². The van der Waals surface area contributed by atoms with E-state index >= 15 is 0 Å². The largest absolute Gasteiger partial charge is 0.353 e. The maximum absolute atomic E-state index is 12.2. The minimum absolute atomic E-state index is 0.0192. The van der Waals surface area contributed by atoms with Crippen LogP contribution in [-0.4, -0.2) is 35.5 Å². The summed E-state index contributed by atoms with van der Waals surface area (Å²) < 4.78 is 1.10. The number of piperazine rings is 1. The van der Waals surface area contributed by atoms with E-state index in [-0.39, 0.29) is 18.0 Å². The van der Waals surface area contributed by atoms with Gasteiger partial charge >= 0.3 is 0 Å².